The van der Waals surface area contributed by atoms with Gasteiger partial charge in [0.1, 0.15) is 5.82 Å². The van der Waals surface area contributed by atoms with Crippen LogP contribution in [0.3, 0.4) is 0 Å². The molecule has 1 aromatic heterocycles. The molecule has 0 aliphatic heterocycles. The lowest BCUT2D eigenvalue weighted by Gasteiger charge is -2.20. The molecule has 21 heavy (non-hydrogen) atoms. The van der Waals surface area contributed by atoms with Gasteiger partial charge in [-0.2, -0.15) is 13.2 Å². The van der Waals surface area contributed by atoms with E-state index in [-0.39, 0.29) is 12.0 Å². The Morgan fingerprint density at radius 1 is 1.24 bits per heavy atom. The molecule has 0 saturated heterocycles. The zero-order chi connectivity index (χ0) is 15.5. The average Bonchev–Trinajstić information content (AvgIpc) is 2.44. The van der Waals surface area contributed by atoms with Crippen LogP contribution in [-0.2, 0) is 12.6 Å². The van der Waals surface area contributed by atoms with E-state index in [1.165, 1.54) is 18.2 Å². The molecule has 0 radical (unpaired) electrons. The fourth-order valence-electron chi connectivity index (χ4n) is 2.10. The second-order valence-electron chi connectivity index (χ2n) is 4.51. The van der Waals surface area contributed by atoms with Gasteiger partial charge < -0.3 is 0 Å². The Morgan fingerprint density at radius 3 is 2.62 bits per heavy atom. The first-order valence-corrected chi connectivity index (χ1v) is 6.13. The van der Waals surface area contributed by atoms with Crippen molar-refractivity contribution in [1.82, 2.24) is 10.4 Å². The van der Waals surface area contributed by atoms with E-state index in [2.05, 4.69) is 10.4 Å². The first-order valence-electron chi connectivity index (χ1n) is 6.13. The number of hydrazine groups is 1. The molecule has 0 saturated carbocycles. The summed E-state index contributed by atoms with van der Waals surface area (Å²) in [6, 6.07) is 5.71. The zero-order valence-corrected chi connectivity index (χ0v) is 10.9. The van der Waals surface area contributed by atoms with Gasteiger partial charge in [-0.3, -0.25) is 16.3 Å². The second-order valence-corrected chi connectivity index (χ2v) is 4.51. The average molecular weight is 299 g/mol. The van der Waals surface area contributed by atoms with Crippen molar-refractivity contribution in [2.24, 2.45) is 5.84 Å². The highest BCUT2D eigenvalue weighted by atomic mass is 19.4. The summed E-state index contributed by atoms with van der Waals surface area (Å²) in [4.78, 5) is 3.72. The van der Waals surface area contributed by atoms with E-state index >= 15 is 0 Å². The van der Waals surface area contributed by atoms with E-state index in [9.17, 15) is 17.6 Å². The molecular formula is C14H13F4N3. The van der Waals surface area contributed by atoms with Crippen molar-refractivity contribution in [3.05, 3.63) is 65.2 Å². The Labute approximate surface area is 118 Å². The van der Waals surface area contributed by atoms with Crippen LogP contribution in [0.4, 0.5) is 17.6 Å². The quantitative estimate of drug-likeness (QED) is 0.518. The first kappa shape index (κ1) is 15.4. The number of nitrogens with zero attached hydrogens (tertiary/aromatic N) is 1. The van der Waals surface area contributed by atoms with Crippen LogP contribution in [0.15, 0.2) is 42.7 Å². The van der Waals surface area contributed by atoms with E-state index in [4.69, 9.17) is 5.84 Å². The number of benzene rings is 1. The van der Waals surface area contributed by atoms with Crippen molar-refractivity contribution in [2.75, 3.05) is 0 Å². The molecule has 1 atom stereocenters. The molecule has 2 aromatic rings. The lowest BCUT2D eigenvalue weighted by molar-refractivity contribution is -0.138. The number of rotatable bonds is 4. The van der Waals surface area contributed by atoms with Gasteiger partial charge in [0.15, 0.2) is 0 Å². The number of hydrogen-bond donors (Lipinski definition) is 2. The van der Waals surface area contributed by atoms with Crippen LogP contribution in [0.5, 0.6) is 0 Å². The maximum absolute atomic E-state index is 13.1. The molecular weight excluding hydrogens is 286 g/mol. The largest absolute Gasteiger partial charge is 0.416 e. The summed E-state index contributed by atoms with van der Waals surface area (Å²) in [7, 11) is 0. The smallest absolute Gasteiger partial charge is 0.271 e. The molecule has 1 heterocycles. The van der Waals surface area contributed by atoms with E-state index in [1.807, 2.05) is 0 Å². The molecule has 1 aromatic carbocycles. The van der Waals surface area contributed by atoms with Crippen LogP contribution in [0.1, 0.15) is 22.7 Å². The summed E-state index contributed by atoms with van der Waals surface area (Å²) in [5, 5.41) is 0. The van der Waals surface area contributed by atoms with Gasteiger partial charge in [0.25, 0.3) is 0 Å². The Hall–Kier alpha value is -1.99. The van der Waals surface area contributed by atoms with Crippen molar-refractivity contribution in [1.29, 1.82) is 0 Å². The summed E-state index contributed by atoms with van der Waals surface area (Å²) in [6.45, 7) is 0. The summed E-state index contributed by atoms with van der Waals surface area (Å²) >= 11 is 0. The fraction of sp³-hybridized carbons (Fsp3) is 0.214. The highest BCUT2D eigenvalue weighted by Crippen LogP contribution is 2.34. The lowest BCUT2D eigenvalue weighted by Crippen LogP contribution is -2.31. The Morgan fingerprint density at radius 2 is 2.00 bits per heavy atom. The minimum absolute atomic E-state index is 0.0724. The first-order chi connectivity index (χ1) is 9.91. The molecule has 112 valence electrons. The SMILES string of the molecule is NNC(Cc1cccc(F)c1)c1cnccc1C(F)(F)F. The van der Waals surface area contributed by atoms with Gasteiger partial charge in [-0.1, -0.05) is 12.1 Å². The van der Waals surface area contributed by atoms with Crippen molar-refractivity contribution in [3.8, 4) is 0 Å². The second kappa shape index (κ2) is 6.19. The Bertz CT molecular complexity index is 613. The predicted molar refractivity (Wildman–Crippen MR) is 69.4 cm³/mol. The number of nitrogens with two attached hydrogens (primary N) is 1. The molecule has 0 bridgehead atoms. The zero-order valence-electron chi connectivity index (χ0n) is 10.9. The maximum atomic E-state index is 13.1. The number of pyridine rings is 1. The molecule has 2 rings (SSSR count). The van der Waals surface area contributed by atoms with Crippen molar-refractivity contribution >= 4 is 0 Å². The molecule has 3 N–H and O–H groups in total. The van der Waals surface area contributed by atoms with Gasteiger partial charge in [-0.05, 0) is 30.2 Å². The Kier molecular flexibility index (Phi) is 4.54. The highest BCUT2D eigenvalue weighted by molar-refractivity contribution is 5.31. The number of alkyl halides is 3. The van der Waals surface area contributed by atoms with E-state index < -0.39 is 23.6 Å². The van der Waals surface area contributed by atoms with Crippen LogP contribution in [0.25, 0.3) is 0 Å². The molecule has 7 heteroatoms. The van der Waals surface area contributed by atoms with Gasteiger partial charge in [0.05, 0.1) is 11.6 Å². The maximum Gasteiger partial charge on any atom is 0.416 e. The van der Waals surface area contributed by atoms with Gasteiger partial charge in [0, 0.05) is 18.0 Å². The van der Waals surface area contributed by atoms with Gasteiger partial charge in [-0.15, -0.1) is 0 Å². The molecule has 0 fully saturated rings. The minimum Gasteiger partial charge on any atom is -0.271 e. The van der Waals surface area contributed by atoms with E-state index in [0.29, 0.717) is 5.56 Å². The van der Waals surface area contributed by atoms with Crippen LogP contribution in [-0.4, -0.2) is 4.98 Å². The molecule has 0 aliphatic carbocycles. The third-order valence-corrected chi connectivity index (χ3v) is 3.06. The Balaban J connectivity index is 2.34. The summed E-state index contributed by atoms with van der Waals surface area (Å²) in [6.07, 6.45) is -2.20. The molecule has 3 nitrogen and oxygen atoms in total. The van der Waals surface area contributed by atoms with Crippen LogP contribution in [0, 0.1) is 5.82 Å². The third kappa shape index (κ3) is 3.77. The van der Waals surface area contributed by atoms with Crippen LogP contribution in [0.2, 0.25) is 0 Å². The monoisotopic (exact) mass is 299 g/mol. The highest BCUT2D eigenvalue weighted by Gasteiger charge is 2.35. The van der Waals surface area contributed by atoms with E-state index in [1.54, 1.807) is 6.07 Å². The summed E-state index contributed by atoms with van der Waals surface area (Å²) < 4.78 is 52.1. The molecule has 1 unspecified atom stereocenters. The summed E-state index contributed by atoms with van der Waals surface area (Å²) in [5.74, 6) is 4.91. The lowest BCUT2D eigenvalue weighted by atomic mass is 9.96. The molecule has 0 spiro atoms. The van der Waals surface area contributed by atoms with Gasteiger partial charge in [-0.25, -0.2) is 4.39 Å². The normalized spacial score (nSPS) is 13.2. The van der Waals surface area contributed by atoms with Gasteiger partial charge >= 0.3 is 6.18 Å². The van der Waals surface area contributed by atoms with E-state index in [0.717, 1.165) is 18.5 Å². The number of nitrogens with one attached hydrogen (secondary N) is 1. The van der Waals surface area contributed by atoms with Crippen molar-refractivity contribution in [2.45, 2.75) is 18.6 Å². The predicted octanol–water partition coefficient (Wildman–Crippen LogP) is 2.99. The number of aromatic nitrogens is 1. The van der Waals surface area contributed by atoms with Gasteiger partial charge in [0.2, 0.25) is 0 Å². The molecule has 0 amide bonds. The third-order valence-electron chi connectivity index (χ3n) is 3.06. The van der Waals surface area contributed by atoms with Crippen LogP contribution < -0.4 is 11.3 Å². The minimum atomic E-state index is -4.50. The van der Waals surface area contributed by atoms with Crippen molar-refractivity contribution < 1.29 is 17.6 Å². The topological polar surface area (TPSA) is 50.9 Å². The molecule has 0 aliphatic rings. The number of hydrogen-bond acceptors (Lipinski definition) is 3. The number of halogens is 4. The fourth-order valence-corrected chi connectivity index (χ4v) is 2.10. The summed E-state index contributed by atoms with van der Waals surface area (Å²) in [5.41, 5.74) is 1.99. The standard InChI is InChI=1S/C14H13F4N3/c15-10-3-1-2-9(6-10)7-13(21-19)11-8-20-5-4-12(11)14(16,17)18/h1-6,8,13,21H,7,19H2. The van der Waals surface area contributed by atoms with Crippen molar-refractivity contribution in [3.63, 3.8) is 0 Å². The van der Waals surface area contributed by atoms with Crippen LogP contribution >= 0.6 is 0 Å².